The molecular formula is C18H12ClF3N2O3. The van der Waals surface area contributed by atoms with Gasteiger partial charge in [0.1, 0.15) is 5.82 Å². The fraction of sp³-hybridized carbons (Fsp3) is 0.167. The topological polar surface area (TPSA) is 70.4 Å². The predicted molar refractivity (Wildman–Crippen MR) is 90.6 cm³/mol. The molecule has 140 valence electrons. The van der Waals surface area contributed by atoms with Gasteiger partial charge in [0.05, 0.1) is 23.1 Å². The molecule has 0 radical (unpaired) electrons. The third-order valence-corrected chi connectivity index (χ3v) is 3.76. The van der Waals surface area contributed by atoms with Gasteiger partial charge in [0, 0.05) is 12.2 Å². The normalized spacial score (nSPS) is 10.2. The Balaban J connectivity index is 2.11. The lowest BCUT2D eigenvalue weighted by Crippen LogP contribution is -2.35. The van der Waals surface area contributed by atoms with Crippen LogP contribution in [0.3, 0.4) is 0 Å². The summed E-state index contributed by atoms with van der Waals surface area (Å²) in [5, 5.41) is 8.35. The molecule has 2 aromatic carbocycles. The van der Waals surface area contributed by atoms with Crippen molar-refractivity contribution in [3.8, 4) is 6.07 Å². The van der Waals surface area contributed by atoms with E-state index in [0.29, 0.717) is 17.8 Å². The Morgan fingerprint density at radius 1 is 1.11 bits per heavy atom. The van der Waals surface area contributed by atoms with E-state index in [0.717, 1.165) is 17.0 Å². The Morgan fingerprint density at radius 2 is 1.74 bits per heavy atom. The highest BCUT2D eigenvalue weighted by Gasteiger charge is 2.21. The smallest absolute Gasteiger partial charge is 0.340 e. The third kappa shape index (κ3) is 5.21. The van der Waals surface area contributed by atoms with Crippen molar-refractivity contribution in [2.75, 3.05) is 18.1 Å². The molecule has 0 unspecified atom stereocenters. The Kier molecular flexibility index (Phi) is 6.79. The van der Waals surface area contributed by atoms with Gasteiger partial charge in [0.25, 0.3) is 5.91 Å². The molecule has 0 heterocycles. The number of hydrogen-bond acceptors (Lipinski definition) is 4. The summed E-state index contributed by atoms with van der Waals surface area (Å²) < 4.78 is 44.2. The van der Waals surface area contributed by atoms with E-state index in [2.05, 4.69) is 0 Å². The SMILES string of the molecule is N#CCCN(C(=O)COC(=O)c1cc(F)c(F)cc1Cl)c1ccc(F)cc1. The maximum atomic E-state index is 13.3. The Morgan fingerprint density at radius 3 is 2.37 bits per heavy atom. The van der Waals surface area contributed by atoms with Gasteiger partial charge in [-0.1, -0.05) is 11.6 Å². The molecule has 0 N–H and O–H groups in total. The molecule has 0 aliphatic rings. The number of anilines is 1. The van der Waals surface area contributed by atoms with Crippen molar-refractivity contribution in [3.63, 3.8) is 0 Å². The summed E-state index contributed by atoms with van der Waals surface area (Å²) in [6.45, 7) is -0.749. The van der Waals surface area contributed by atoms with Crippen molar-refractivity contribution in [2.24, 2.45) is 0 Å². The lowest BCUT2D eigenvalue weighted by Gasteiger charge is -2.21. The second-order valence-electron chi connectivity index (χ2n) is 5.25. The number of benzene rings is 2. The molecule has 0 aromatic heterocycles. The molecule has 0 fully saturated rings. The summed E-state index contributed by atoms with van der Waals surface area (Å²) >= 11 is 5.68. The number of carbonyl (C=O) groups excluding carboxylic acids is 2. The summed E-state index contributed by atoms with van der Waals surface area (Å²) in [7, 11) is 0. The van der Waals surface area contributed by atoms with Gasteiger partial charge in [-0.05, 0) is 36.4 Å². The molecule has 0 saturated heterocycles. The minimum Gasteiger partial charge on any atom is -0.452 e. The summed E-state index contributed by atoms with van der Waals surface area (Å²) in [5.41, 5.74) is -0.132. The molecule has 0 spiro atoms. The van der Waals surface area contributed by atoms with Gasteiger partial charge in [-0.2, -0.15) is 5.26 Å². The summed E-state index contributed by atoms with van der Waals surface area (Å²) in [6.07, 6.45) is -0.00787. The molecule has 2 rings (SSSR count). The van der Waals surface area contributed by atoms with Crippen LogP contribution in [-0.4, -0.2) is 25.0 Å². The second kappa shape index (κ2) is 9.05. The maximum Gasteiger partial charge on any atom is 0.340 e. The van der Waals surface area contributed by atoms with Crippen LogP contribution in [0, 0.1) is 28.8 Å². The highest BCUT2D eigenvalue weighted by atomic mass is 35.5. The van der Waals surface area contributed by atoms with Crippen LogP contribution in [0.2, 0.25) is 5.02 Å². The first-order chi connectivity index (χ1) is 12.8. The first kappa shape index (κ1) is 20.3. The molecule has 0 aliphatic carbocycles. The quantitative estimate of drug-likeness (QED) is 0.549. The maximum absolute atomic E-state index is 13.3. The van der Waals surface area contributed by atoms with E-state index in [1.54, 1.807) is 0 Å². The predicted octanol–water partition coefficient (Wildman–Crippen LogP) is 3.86. The van der Waals surface area contributed by atoms with Crippen LogP contribution >= 0.6 is 11.6 Å². The van der Waals surface area contributed by atoms with Crippen molar-refractivity contribution in [2.45, 2.75) is 6.42 Å². The molecule has 2 aromatic rings. The standard InChI is InChI=1S/C18H12ClF3N2O3/c19-14-9-16(22)15(21)8-13(14)18(26)27-10-17(25)24(7-1-6-23)12-4-2-11(20)3-5-12/h2-5,8-9H,1,7,10H2. The van der Waals surface area contributed by atoms with Crippen LogP contribution in [0.25, 0.3) is 0 Å². The van der Waals surface area contributed by atoms with E-state index in [4.69, 9.17) is 21.6 Å². The summed E-state index contributed by atoms with van der Waals surface area (Å²) in [5.74, 6) is -4.84. The van der Waals surface area contributed by atoms with E-state index in [-0.39, 0.29) is 18.0 Å². The largest absolute Gasteiger partial charge is 0.452 e. The van der Waals surface area contributed by atoms with E-state index in [1.165, 1.54) is 12.1 Å². The zero-order chi connectivity index (χ0) is 20.0. The Hall–Kier alpha value is -3.05. The van der Waals surface area contributed by atoms with E-state index < -0.39 is 41.5 Å². The lowest BCUT2D eigenvalue weighted by atomic mass is 10.2. The van der Waals surface area contributed by atoms with Gasteiger partial charge >= 0.3 is 5.97 Å². The van der Waals surface area contributed by atoms with Crippen molar-refractivity contribution in [3.05, 3.63) is 64.4 Å². The zero-order valence-corrected chi connectivity index (χ0v) is 14.5. The molecule has 0 bridgehead atoms. The first-order valence-electron chi connectivity index (χ1n) is 7.58. The third-order valence-electron chi connectivity index (χ3n) is 3.44. The number of hydrogen-bond donors (Lipinski definition) is 0. The van der Waals surface area contributed by atoms with Gasteiger partial charge < -0.3 is 9.64 Å². The van der Waals surface area contributed by atoms with Crippen LogP contribution in [0.1, 0.15) is 16.8 Å². The van der Waals surface area contributed by atoms with Crippen LogP contribution < -0.4 is 4.90 Å². The number of carbonyl (C=O) groups is 2. The zero-order valence-electron chi connectivity index (χ0n) is 13.7. The van der Waals surface area contributed by atoms with Gasteiger partial charge in [-0.3, -0.25) is 4.79 Å². The van der Waals surface area contributed by atoms with Gasteiger partial charge in [-0.25, -0.2) is 18.0 Å². The Bertz CT molecular complexity index is 898. The highest BCUT2D eigenvalue weighted by molar-refractivity contribution is 6.33. The molecule has 0 atom stereocenters. The fourth-order valence-corrected chi connectivity index (χ4v) is 2.37. The minimum absolute atomic E-state index is 0.00787. The van der Waals surface area contributed by atoms with E-state index in [9.17, 15) is 22.8 Å². The summed E-state index contributed by atoms with van der Waals surface area (Å²) in [6, 6.07) is 7.99. The monoisotopic (exact) mass is 396 g/mol. The molecular weight excluding hydrogens is 385 g/mol. The van der Waals surface area contributed by atoms with Crippen molar-refractivity contribution >= 4 is 29.2 Å². The van der Waals surface area contributed by atoms with Crippen LogP contribution in [0.15, 0.2) is 36.4 Å². The van der Waals surface area contributed by atoms with Crippen molar-refractivity contribution in [1.82, 2.24) is 0 Å². The second-order valence-corrected chi connectivity index (χ2v) is 5.66. The number of nitrogens with zero attached hydrogens (tertiary/aromatic N) is 2. The number of rotatable bonds is 6. The van der Waals surface area contributed by atoms with Gasteiger partial charge in [0.15, 0.2) is 18.2 Å². The van der Waals surface area contributed by atoms with Crippen molar-refractivity contribution in [1.29, 1.82) is 5.26 Å². The number of esters is 1. The molecule has 27 heavy (non-hydrogen) atoms. The lowest BCUT2D eigenvalue weighted by molar-refractivity contribution is -0.121. The number of ether oxygens (including phenoxy) is 1. The average Bonchev–Trinajstić information content (AvgIpc) is 2.64. The summed E-state index contributed by atoms with van der Waals surface area (Å²) in [4.78, 5) is 25.5. The first-order valence-corrected chi connectivity index (χ1v) is 7.96. The molecule has 5 nitrogen and oxygen atoms in total. The molecule has 0 saturated carbocycles. The van der Waals surface area contributed by atoms with Gasteiger partial charge in [0.2, 0.25) is 0 Å². The van der Waals surface area contributed by atoms with Crippen molar-refractivity contribution < 1.29 is 27.5 Å². The van der Waals surface area contributed by atoms with Crippen LogP contribution in [0.4, 0.5) is 18.9 Å². The molecule has 9 heteroatoms. The number of amides is 1. The highest BCUT2D eigenvalue weighted by Crippen LogP contribution is 2.21. The molecule has 0 aliphatic heterocycles. The fourth-order valence-electron chi connectivity index (χ4n) is 2.14. The van der Waals surface area contributed by atoms with Gasteiger partial charge in [-0.15, -0.1) is 0 Å². The number of nitriles is 1. The average molecular weight is 397 g/mol. The molecule has 1 amide bonds. The van der Waals surface area contributed by atoms with Crippen LogP contribution in [-0.2, 0) is 9.53 Å². The Labute approximate surface area is 157 Å². The van der Waals surface area contributed by atoms with Crippen LogP contribution in [0.5, 0.6) is 0 Å². The van der Waals surface area contributed by atoms with E-state index in [1.807, 2.05) is 6.07 Å². The van der Waals surface area contributed by atoms with E-state index >= 15 is 0 Å². The minimum atomic E-state index is -1.29. The number of halogens is 4.